The van der Waals surface area contributed by atoms with Crippen LogP contribution in [-0.2, 0) is 24.2 Å². The Morgan fingerprint density at radius 1 is 1.23 bits per heavy atom. The molecule has 1 aliphatic rings. The number of aromatic nitrogens is 3. The molecule has 0 bridgehead atoms. The highest BCUT2D eigenvalue weighted by molar-refractivity contribution is 6.31. The van der Waals surface area contributed by atoms with Crippen molar-refractivity contribution in [2.75, 3.05) is 13.2 Å². The fraction of sp³-hybridized carbons (Fsp3) is 0.261. The molecule has 0 spiro atoms. The first kappa shape index (κ1) is 19.6. The van der Waals surface area contributed by atoms with Crippen LogP contribution in [0.15, 0.2) is 47.4 Å². The largest absolute Gasteiger partial charge is 0.484 e. The number of aromatic amines is 1. The first-order valence-electron chi connectivity index (χ1n) is 10.3. The molecule has 2 N–H and O–H groups in total. The highest BCUT2D eigenvalue weighted by atomic mass is 35.5. The third-order valence-corrected chi connectivity index (χ3v) is 5.84. The summed E-state index contributed by atoms with van der Waals surface area (Å²) in [5.74, 6) is 1.09. The van der Waals surface area contributed by atoms with E-state index in [0.29, 0.717) is 41.2 Å². The molecule has 8 heteroatoms. The van der Waals surface area contributed by atoms with Crippen LogP contribution in [0.2, 0.25) is 5.02 Å². The molecule has 5 rings (SSSR count). The first-order chi connectivity index (χ1) is 15.1. The van der Waals surface area contributed by atoms with Gasteiger partial charge in [-0.2, -0.15) is 0 Å². The maximum Gasteiger partial charge on any atom is 0.261 e. The van der Waals surface area contributed by atoms with Crippen LogP contribution in [0, 0.1) is 0 Å². The van der Waals surface area contributed by atoms with Gasteiger partial charge in [0.05, 0.1) is 10.9 Å². The van der Waals surface area contributed by atoms with Crippen LogP contribution in [0.25, 0.3) is 21.8 Å². The lowest BCUT2D eigenvalue weighted by Crippen LogP contribution is -2.30. The molecule has 0 radical (unpaired) electrons. The number of nitrogens with zero attached hydrogens (tertiary/aromatic N) is 2. The number of aryl methyl sites for hydroxylation is 1. The molecule has 0 atom stereocenters. The second kappa shape index (κ2) is 8.07. The van der Waals surface area contributed by atoms with Crippen molar-refractivity contribution in [1.29, 1.82) is 0 Å². The number of hydrogen-bond donors (Lipinski definition) is 2. The Kier molecular flexibility index (Phi) is 5.11. The summed E-state index contributed by atoms with van der Waals surface area (Å²) in [4.78, 5) is 32.6. The Labute approximate surface area is 183 Å². The molecule has 2 aromatic heterocycles. The summed E-state index contributed by atoms with van der Waals surface area (Å²) in [6.45, 7) is 1.06. The molecule has 3 heterocycles. The van der Waals surface area contributed by atoms with Gasteiger partial charge in [0.25, 0.3) is 11.5 Å². The van der Waals surface area contributed by atoms with Crippen molar-refractivity contribution in [2.45, 2.75) is 25.8 Å². The van der Waals surface area contributed by atoms with E-state index in [0.717, 1.165) is 35.1 Å². The summed E-state index contributed by atoms with van der Waals surface area (Å²) in [6.07, 6.45) is 4.38. The number of halogens is 1. The highest BCUT2D eigenvalue weighted by Gasteiger charge is 2.16. The van der Waals surface area contributed by atoms with Gasteiger partial charge in [-0.1, -0.05) is 11.6 Å². The first-order valence-corrected chi connectivity index (χ1v) is 10.6. The lowest BCUT2D eigenvalue weighted by atomic mass is 10.1. The van der Waals surface area contributed by atoms with Crippen molar-refractivity contribution in [3.05, 3.63) is 69.4 Å². The number of fused-ring (bicyclic) bond motifs is 3. The van der Waals surface area contributed by atoms with Crippen molar-refractivity contribution in [3.8, 4) is 5.75 Å². The molecule has 7 nitrogen and oxygen atoms in total. The smallest absolute Gasteiger partial charge is 0.261 e. The summed E-state index contributed by atoms with van der Waals surface area (Å²) >= 11 is 6.08. The fourth-order valence-electron chi connectivity index (χ4n) is 4.05. The zero-order valence-electron chi connectivity index (χ0n) is 16.8. The minimum absolute atomic E-state index is 0.0498. The molecule has 0 saturated heterocycles. The fourth-order valence-corrected chi connectivity index (χ4v) is 4.22. The van der Waals surface area contributed by atoms with Crippen LogP contribution in [0.4, 0.5) is 0 Å². The van der Waals surface area contributed by atoms with E-state index in [9.17, 15) is 9.59 Å². The molecule has 1 aliphatic heterocycles. The third kappa shape index (κ3) is 3.88. The predicted octanol–water partition coefficient (Wildman–Crippen LogP) is 3.22. The molecule has 0 unspecified atom stereocenters. The summed E-state index contributed by atoms with van der Waals surface area (Å²) in [5.41, 5.74) is 2.72. The molecular formula is C23H21ClN4O3. The van der Waals surface area contributed by atoms with Gasteiger partial charge >= 0.3 is 0 Å². The summed E-state index contributed by atoms with van der Waals surface area (Å²) in [5, 5.41) is 5.12. The molecule has 31 heavy (non-hydrogen) atoms. The van der Waals surface area contributed by atoms with Gasteiger partial charge in [-0.25, -0.2) is 4.98 Å². The van der Waals surface area contributed by atoms with Crippen molar-refractivity contribution < 1.29 is 9.53 Å². The van der Waals surface area contributed by atoms with Crippen LogP contribution >= 0.6 is 11.6 Å². The maximum absolute atomic E-state index is 12.7. The third-order valence-electron chi connectivity index (χ3n) is 5.60. The summed E-state index contributed by atoms with van der Waals surface area (Å²) < 4.78 is 7.33. The standard InChI is InChI=1S/C23H21ClN4O3/c24-15-3-5-19-17(10-15)14(12-26-19)7-8-25-22(29)13-31-16-4-6-20-18(11-16)23(30)28-9-1-2-21(28)27-20/h3-6,10-12,26H,1-2,7-9,13H2,(H,25,29). The number of hydrogen-bond acceptors (Lipinski definition) is 4. The van der Waals surface area contributed by atoms with E-state index in [1.54, 1.807) is 22.8 Å². The van der Waals surface area contributed by atoms with E-state index in [1.807, 2.05) is 24.4 Å². The maximum atomic E-state index is 12.7. The quantitative estimate of drug-likeness (QED) is 0.485. The van der Waals surface area contributed by atoms with E-state index in [1.165, 1.54) is 0 Å². The van der Waals surface area contributed by atoms with Crippen LogP contribution in [0.3, 0.4) is 0 Å². The van der Waals surface area contributed by atoms with E-state index >= 15 is 0 Å². The normalized spacial score (nSPS) is 12.9. The Balaban J connectivity index is 1.19. The van der Waals surface area contributed by atoms with Crippen LogP contribution in [0.5, 0.6) is 5.75 Å². The monoisotopic (exact) mass is 436 g/mol. The van der Waals surface area contributed by atoms with E-state index in [2.05, 4.69) is 15.3 Å². The average Bonchev–Trinajstić information content (AvgIpc) is 3.40. The van der Waals surface area contributed by atoms with Crippen molar-refractivity contribution >= 4 is 39.3 Å². The minimum Gasteiger partial charge on any atom is -0.484 e. The van der Waals surface area contributed by atoms with Crippen LogP contribution < -0.4 is 15.6 Å². The number of H-pyrrole nitrogens is 1. The highest BCUT2D eigenvalue weighted by Crippen LogP contribution is 2.23. The Morgan fingerprint density at radius 3 is 3.03 bits per heavy atom. The topological polar surface area (TPSA) is 89.0 Å². The second-order valence-corrected chi connectivity index (χ2v) is 8.10. The van der Waals surface area contributed by atoms with E-state index < -0.39 is 0 Å². The molecule has 0 saturated carbocycles. The van der Waals surface area contributed by atoms with Crippen LogP contribution in [0.1, 0.15) is 17.8 Å². The molecule has 1 amide bonds. The number of amides is 1. The Bertz CT molecular complexity index is 1360. The van der Waals surface area contributed by atoms with Gasteiger partial charge in [-0.05, 0) is 54.8 Å². The predicted molar refractivity (Wildman–Crippen MR) is 120 cm³/mol. The van der Waals surface area contributed by atoms with Gasteiger partial charge in [0.2, 0.25) is 0 Å². The molecule has 0 aliphatic carbocycles. The summed E-state index contributed by atoms with van der Waals surface area (Å²) in [6, 6.07) is 10.9. The molecule has 158 valence electrons. The lowest BCUT2D eigenvalue weighted by Gasteiger charge is -2.09. The molecular weight excluding hydrogens is 416 g/mol. The van der Waals surface area contributed by atoms with Gasteiger partial charge in [0.1, 0.15) is 11.6 Å². The van der Waals surface area contributed by atoms with Gasteiger partial charge in [-0.15, -0.1) is 0 Å². The number of nitrogens with one attached hydrogen (secondary N) is 2. The zero-order valence-corrected chi connectivity index (χ0v) is 17.5. The number of ether oxygens (including phenoxy) is 1. The van der Waals surface area contributed by atoms with Gasteiger partial charge in [-0.3, -0.25) is 14.2 Å². The van der Waals surface area contributed by atoms with E-state index in [4.69, 9.17) is 16.3 Å². The van der Waals surface area contributed by atoms with Crippen LogP contribution in [-0.4, -0.2) is 33.6 Å². The molecule has 0 fully saturated rings. The minimum atomic E-state index is -0.221. The Morgan fingerprint density at radius 2 is 2.13 bits per heavy atom. The summed E-state index contributed by atoms with van der Waals surface area (Å²) in [7, 11) is 0. The zero-order chi connectivity index (χ0) is 21.4. The molecule has 2 aromatic carbocycles. The SMILES string of the molecule is O=C(COc1ccc2nc3n(c(=O)c2c1)CCC3)NCCc1c[nH]c2ccc(Cl)cc12. The lowest BCUT2D eigenvalue weighted by molar-refractivity contribution is -0.123. The second-order valence-electron chi connectivity index (χ2n) is 7.66. The number of carbonyl (C=O) groups is 1. The number of benzene rings is 2. The molecule has 4 aromatic rings. The van der Waals surface area contributed by atoms with Gasteiger partial charge in [0, 0.05) is 41.6 Å². The number of carbonyl (C=O) groups excluding carboxylic acids is 1. The average molecular weight is 437 g/mol. The van der Waals surface area contributed by atoms with Crippen molar-refractivity contribution in [1.82, 2.24) is 19.9 Å². The Hall–Kier alpha value is -3.32. The van der Waals surface area contributed by atoms with Crippen molar-refractivity contribution in [3.63, 3.8) is 0 Å². The number of rotatable bonds is 6. The van der Waals surface area contributed by atoms with Gasteiger partial charge in [0.15, 0.2) is 6.61 Å². The van der Waals surface area contributed by atoms with Crippen molar-refractivity contribution in [2.24, 2.45) is 0 Å². The van der Waals surface area contributed by atoms with Gasteiger partial charge < -0.3 is 15.0 Å². The van der Waals surface area contributed by atoms with E-state index in [-0.39, 0.29) is 18.1 Å².